The van der Waals surface area contributed by atoms with Gasteiger partial charge in [0.1, 0.15) is 0 Å². The van der Waals surface area contributed by atoms with Gasteiger partial charge in [0.2, 0.25) is 8.32 Å². The Balaban J connectivity index is 1.20. The largest absolute Gasteiger partial charge is 0.321 e. The van der Waals surface area contributed by atoms with E-state index in [1.54, 1.807) is 302 Å². The third-order valence-corrected chi connectivity index (χ3v) is 25.1. The van der Waals surface area contributed by atoms with Crippen molar-refractivity contribution in [2.24, 2.45) is 0 Å². The first-order chi connectivity index (χ1) is 33.5. The lowest BCUT2D eigenvalue weighted by molar-refractivity contribution is -0.328. The van der Waals surface area contributed by atoms with E-state index in [1.807, 2.05) is 0 Å². The molecule has 0 N–H and O–H groups in total. The molecule has 33 rings (SSSR count). The first kappa shape index (κ1) is 25.6. The predicted octanol–water partition coefficient (Wildman–Crippen LogP) is 17.3. The van der Waals surface area contributed by atoms with Crippen LogP contribution in [0.1, 0.15) is 22.3 Å². The SMILES string of the molecule is C[Si](C)(C)ON1CC23c4c5c6c7c8c9c(c%10c%11c2c2c4c4c%12c5c5c6c6c8c8c%13c9c9c%10c%10c%11c%11c2c2c4c4c%12c%12c5c5c6c8c6c8c%13c9c9c%10c%10c%11c2c2c4c4c%12c5c6c5c8c9c%10c2c45)C73O1. The molecule has 0 atom stereocenters. The van der Waals surface area contributed by atoms with E-state index in [0.29, 0.717) is 0 Å². The van der Waals surface area contributed by atoms with Crippen molar-refractivity contribution in [3.8, 4) is 0 Å². The van der Waals surface area contributed by atoms with Gasteiger partial charge in [-0.05, 0) is 322 Å². The number of hydrogen-bond acceptors (Lipinski definition) is 3. The van der Waals surface area contributed by atoms with E-state index in [1.165, 1.54) is 11.1 Å². The molecule has 1 heterocycles. The molecule has 28 aromatic carbocycles. The van der Waals surface area contributed by atoms with Crippen LogP contribution in [-0.4, -0.2) is 20.1 Å². The molecule has 68 heavy (non-hydrogen) atoms. The molecule has 3 nitrogen and oxygen atoms in total. The number of hydroxylamine groups is 2. The predicted molar refractivity (Wildman–Crippen MR) is 286 cm³/mol. The molecule has 4 aliphatic carbocycles. The summed E-state index contributed by atoms with van der Waals surface area (Å²) in [4.78, 5) is 8.37. The first-order valence-corrected chi connectivity index (χ1v) is 28.9. The summed E-state index contributed by atoms with van der Waals surface area (Å²) in [6.07, 6.45) is 0. The Morgan fingerprint density at radius 2 is 0.426 bits per heavy atom. The van der Waals surface area contributed by atoms with Crippen molar-refractivity contribution in [3.05, 3.63) is 22.3 Å². The summed E-state index contributed by atoms with van der Waals surface area (Å²) in [7, 11) is -2.14. The minimum absolute atomic E-state index is 0.460. The average molecular weight is 854 g/mol. The van der Waals surface area contributed by atoms with Crippen molar-refractivity contribution >= 4 is 299 Å². The average Bonchev–Trinajstić information content (AvgIpc) is 4.25. The van der Waals surface area contributed by atoms with Crippen molar-refractivity contribution in [2.75, 3.05) is 6.54 Å². The number of benzene rings is 18. The van der Waals surface area contributed by atoms with Gasteiger partial charge < -0.3 is 4.53 Å². The molecule has 1 aliphatic heterocycles. The summed E-state index contributed by atoms with van der Waals surface area (Å²) >= 11 is 0. The highest BCUT2D eigenvalue weighted by molar-refractivity contribution is 6.82. The van der Waals surface area contributed by atoms with E-state index >= 15 is 0 Å². The van der Waals surface area contributed by atoms with Gasteiger partial charge in [0.15, 0.2) is 5.60 Å². The first-order valence-electron chi connectivity index (χ1n) is 25.4. The van der Waals surface area contributed by atoms with E-state index in [9.17, 15) is 0 Å². The molecule has 5 aliphatic rings. The van der Waals surface area contributed by atoms with Crippen LogP contribution in [0.5, 0.6) is 0 Å². The number of nitrogens with zero attached hydrogens (tertiary/aromatic N) is 1. The van der Waals surface area contributed by atoms with Gasteiger partial charge in [-0.1, -0.05) is 5.23 Å². The standard InChI is InChI=1S/C64H11NO2Si/c1-68(2,3)67-65-4-63-59-51-43-33-23-15-7-5-6-9-13-11(7)19-27-21(13)31-25-17(9)18-10(6)14-12-8(5)16(15)24-30-20(12)28-22(14)32-26(18)36-35(25)47-41(31)49-39(27)45(37(43)29(19)23)53(59)55(49)61-57(47)58-48(36)42(32)50-40(28)46-38(30)44(34(24)33)52(51)60(63)54(46)56(50)62(58)64(61,63)66-65/h4H2,1-3H3. The molecule has 0 saturated carbocycles. The molecule has 288 valence electrons. The topological polar surface area (TPSA) is 21.7 Å². The van der Waals surface area contributed by atoms with Crippen LogP contribution in [0.2, 0.25) is 19.6 Å². The Kier molecular flexibility index (Phi) is 2.12. The highest BCUT2D eigenvalue weighted by Crippen LogP contribution is 2.85. The fraction of sp³-hybridized carbons (Fsp3) is 0.0938. The third kappa shape index (κ3) is 1.34. The number of rotatable bonds is 2. The minimum atomic E-state index is -2.14. The van der Waals surface area contributed by atoms with Crippen molar-refractivity contribution in [2.45, 2.75) is 30.7 Å². The van der Waals surface area contributed by atoms with Crippen LogP contribution in [0.4, 0.5) is 0 Å². The maximum atomic E-state index is 8.37. The molecule has 1 fully saturated rings. The van der Waals surface area contributed by atoms with Gasteiger partial charge >= 0.3 is 0 Å². The van der Waals surface area contributed by atoms with Crippen LogP contribution >= 0.6 is 0 Å². The Morgan fingerprint density at radius 3 is 0.603 bits per heavy atom. The van der Waals surface area contributed by atoms with Crippen molar-refractivity contribution in [3.63, 3.8) is 0 Å². The van der Waals surface area contributed by atoms with Crippen LogP contribution in [0.25, 0.3) is 291 Å². The monoisotopic (exact) mass is 853 g/mol. The molecule has 0 radical (unpaired) electrons. The third-order valence-electron chi connectivity index (χ3n) is 24.4. The van der Waals surface area contributed by atoms with Crippen molar-refractivity contribution in [1.29, 1.82) is 0 Å². The maximum Gasteiger partial charge on any atom is 0.215 e. The summed E-state index contributed by atoms with van der Waals surface area (Å²) in [5.74, 6) is 0. The van der Waals surface area contributed by atoms with E-state index < -0.39 is 19.3 Å². The molecule has 0 amide bonds. The normalized spacial score (nSPS) is 23.5. The van der Waals surface area contributed by atoms with Gasteiger partial charge in [0.05, 0.1) is 12.0 Å². The Hall–Kier alpha value is -7.44. The van der Waals surface area contributed by atoms with Gasteiger partial charge in [-0.15, -0.1) is 0 Å². The van der Waals surface area contributed by atoms with E-state index in [0.717, 1.165) is 6.54 Å². The lowest BCUT2D eigenvalue weighted by Crippen LogP contribution is -2.50. The molecule has 1 saturated heterocycles. The van der Waals surface area contributed by atoms with Gasteiger partial charge in [0.25, 0.3) is 0 Å². The second kappa shape index (κ2) is 5.62. The van der Waals surface area contributed by atoms with Gasteiger partial charge in [0, 0.05) is 11.1 Å². The number of hydrogen-bond donors (Lipinski definition) is 0. The lowest BCUT2D eigenvalue weighted by atomic mass is 9.55. The molecule has 28 aromatic rings. The zero-order valence-electron chi connectivity index (χ0n) is 35.5. The Morgan fingerprint density at radius 1 is 0.265 bits per heavy atom. The smallest absolute Gasteiger partial charge is 0.215 e. The second-order valence-corrected chi connectivity index (χ2v) is 30.5. The summed E-state index contributed by atoms with van der Waals surface area (Å²) in [6.45, 7) is 7.81. The Bertz CT molecular complexity index is 6540. The summed E-state index contributed by atoms with van der Waals surface area (Å²) in [5, 5.41) is 89.8. The second-order valence-electron chi connectivity index (χ2n) is 26.1. The minimum Gasteiger partial charge on any atom is -0.321 e. The van der Waals surface area contributed by atoms with E-state index in [4.69, 9.17) is 9.36 Å². The van der Waals surface area contributed by atoms with Crippen LogP contribution < -0.4 is 0 Å². The summed E-state index contributed by atoms with van der Waals surface area (Å²) in [6, 6.07) is 0. The van der Waals surface area contributed by atoms with Gasteiger partial charge in [-0.25, -0.2) is 0 Å². The molecule has 0 bridgehead atoms. The summed E-state index contributed by atoms with van der Waals surface area (Å²) in [5.41, 5.74) is 5.14. The molecule has 2 spiro atoms. The molecular formula is C64H11NO2Si. The van der Waals surface area contributed by atoms with Gasteiger partial charge in [-0.2, -0.15) is 0 Å². The van der Waals surface area contributed by atoms with Crippen LogP contribution in [0.15, 0.2) is 0 Å². The quantitative estimate of drug-likeness (QED) is 0.128. The van der Waals surface area contributed by atoms with Crippen LogP contribution in [0.3, 0.4) is 0 Å². The van der Waals surface area contributed by atoms with Crippen LogP contribution in [0, 0.1) is 0 Å². The lowest BCUT2D eigenvalue weighted by Gasteiger charge is -2.47. The highest BCUT2D eigenvalue weighted by atomic mass is 28.4. The molecular weight excluding hydrogens is 843 g/mol. The highest BCUT2D eigenvalue weighted by Gasteiger charge is 2.75. The fourth-order valence-corrected chi connectivity index (χ4v) is 25.2. The van der Waals surface area contributed by atoms with E-state index in [-0.39, 0.29) is 0 Å². The van der Waals surface area contributed by atoms with E-state index in [2.05, 4.69) is 24.9 Å². The zero-order valence-corrected chi connectivity index (χ0v) is 36.5. The van der Waals surface area contributed by atoms with Gasteiger partial charge in [-0.3, -0.25) is 4.84 Å². The van der Waals surface area contributed by atoms with Crippen molar-refractivity contribution < 1.29 is 9.36 Å². The fourth-order valence-electron chi connectivity index (χ4n) is 24.5. The van der Waals surface area contributed by atoms with Crippen LogP contribution in [-0.2, 0) is 20.4 Å². The van der Waals surface area contributed by atoms with Crippen molar-refractivity contribution in [1.82, 2.24) is 5.23 Å². The zero-order chi connectivity index (χ0) is 40.7. The Labute approximate surface area is 371 Å². The molecule has 0 aromatic heterocycles. The molecule has 0 unspecified atom stereocenters. The maximum absolute atomic E-state index is 8.37. The molecule has 4 heteroatoms. The summed E-state index contributed by atoms with van der Waals surface area (Å²) < 4.78 is 7.39.